The lowest BCUT2D eigenvalue weighted by atomic mass is 10.1. The summed E-state index contributed by atoms with van der Waals surface area (Å²) in [5.74, 6) is -0.457. The number of amides is 1. The molecule has 1 aliphatic heterocycles. The molecule has 0 bridgehead atoms. The summed E-state index contributed by atoms with van der Waals surface area (Å²) in [6.45, 7) is 1.95. The number of aromatic amines is 1. The topological polar surface area (TPSA) is 95.8 Å². The van der Waals surface area contributed by atoms with E-state index in [1.165, 1.54) is 6.20 Å². The van der Waals surface area contributed by atoms with Crippen LogP contribution in [0.3, 0.4) is 0 Å². The number of nitrogens with one attached hydrogen (secondary N) is 3. The van der Waals surface area contributed by atoms with Crippen LogP contribution in [0.25, 0.3) is 11.0 Å². The van der Waals surface area contributed by atoms with Crippen LogP contribution in [0.2, 0.25) is 0 Å². The summed E-state index contributed by atoms with van der Waals surface area (Å²) in [7, 11) is 0. The van der Waals surface area contributed by atoms with Crippen LogP contribution in [0.15, 0.2) is 18.5 Å². The number of pyridine rings is 1. The lowest BCUT2D eigenvalue weighted by molar-refractivity contribution is 0.100. The predicted octanol–water partition coefficient (Wildman–Crippen LogP) is 0.826. The summed E-state index contributed by atoms with van der Waals surface area (Å²) < 4.78 is 0. The fourth-order valence-electron chi connectivity index (χ4n) is 2.53. The number of rotatable bonds is 3. The lowest BCUT2D eigenvalue weighted by Crippen LogP contribution is -2.38. The third-order valence-electron chi connectivity index (χ3n) is 3.50. The molecular weight excluding hydrogens is 242 g/mol. The highest BCUT2D eigenvalue weighted by molar-refractivity contribution is 6.05. The molecule has 100 valence electrons. The van der Waals surface area contributed by atoms with Crippen molar-refractivity contribution in [2.75, 3.05) is 18.4 Å². The maximum Gasteiger partial charge on any atom is 0.252 e. The number of carbonyl (C=O) groups is 1. The second-order valence-corrected chi connectivity index (χ2v) is 4.84. The number of primary amides is 1. The van der Waals surface area contributed by atoms with Crippen LogP contribution in [0, 0.1) is 0 Å². The monoisotopic (exact) mass is 259 g/mol. The second-order valence-electron chi connectivity index (χ2n) is 4.84. The molecule has 1 aliphatic rings. The van der Waals surface area contributed by atoms with E-state index in [1.54, 1.807) is 0 Å². The third-order valence-corrected chi connectivity index (χ3v) is 3.50. The van der Waals surface area contributed by atoms with Gasteiger partial charge in [0.1, 0.15) is 5.65 Å². The number of nitrogens with two attached hydrogens (primary N) is 1. The molecule has 0 radical (unpaired) electrons. The van der Waals surface area contributed by atoms with Gasteiger partial charge in [0.15, 0.2) is 0 Å². The van der Waals surface area contributed by atoms with E-state index in [1.807, 2.05) is 12.3 Å². The first-order chi connectivity index (χ1) is 9.25. The number of H-pyrrole nitrogens is 1. The van der Waals surface area contributed by atoms with Gasteiger partial charge in [0.05, 0.1) is 11.3 Å². The number of nitrogens with zero attached hydrogens (tertiary/aromatic N) is 1. The average Bonchev–Trinajstić information content (AvgIpc) is 2.88. The van der Waals surface area contributed by atoms with Crippen LogP contribution in [-0.4, -0.2) is 35.0 Å². The van der Waals surface area contributed by atoms with Gasteiger partial charge in [-0.25, -0.2) is 4.98 Å². The standard InChI is InChI=1S/C13H17N5O/c14-12(19)10-7-17-13-9(3-5-16-13)11(10)18-8-2-1-4-15-6-8/h3,5,7-8,15H,1-2,4,6H2,(H2,14,19)(H2,16,17,18)/t8-/m1/s1. The van der Waals surface area contributed by atoms with Gasteiger partial charge in [-0.05, 0) is 25.5 Å². The molecule has 2 aromatic rings. The number of carbonyl (C=O) groups excluding carboxylic acids is 1. The van der Waals surface area contributed by atoms with E-state index in [0.717, 1.165) is 42.7 Å². The van der Waals surface area contributed by atoms with Crippen LogP contribution >= 0.6 is 0 Å². The molecule has 19 heavy (non-hydrogen) atoms. The maximum absolute atomic E-state index is 11.5. The van der Waals surface area contributed by atoms with Gasteiger partial charge in [-0.1, -0.05) is 0 Å². The Hall–Kier alpha value is -2.08. The Kier molecular flexibility index (Phi) is 3.08. The fourth-order valence-corrected chi connectivity index (χ4v) is 2.53. The Labute approximate surface area is 110 Å². The molecule has 0 aliphatic carbocycles. The normalized spacial score (nSPS) is 19.5. The molecule has 0 aromatic carbocycles. The zero-order valence-electron chi connectivity index (χ0n) is 10.6. The van der Waals surface area contributed by atoms with Crippen LogP contribution in [0.5, 0.6) is 0 Å². The Morgan fingerprint density at radius 2 is 2.42 bits per heavy atom. The van der Waals surface area contributed by atoms with Crippen molar-refractivity contribution in [1.29, 1.82) is 0 Å². The van der Waals surface area contributed by atoms with Crippen LogP contribution in [0.1, 0.15) is 23.2 Å². The molecule has 0 saturated carbocycles. The zero-order chi connectivity index (χ0) is 13.2. The molecule has 6 nitrogen and oxygen atoms in total. The molecule has 3 heterocycles. The van der Waals surface area contributed by atoms with Gasteiger partial charge in [-0.3, -0.25) is 4.79 Å². The van der Waals surface area contributed by atoms with E-state index < -0.39 is 5.91 Å². The molecule has 1 saturated heterocycles. The minimum absolute atomic E-state index is 0.312. The first-order valence-corrected chi connectivity index (χ1v) is 6.49. The van der Waals surface area contributed by atoms with E-state index in [4.69, 9.17) is 5.73 Å². The van der Waals surface area contributed by atoms with Crippen molar-refractivity contribution in [3.05, 3.63) is 24.0 Å². The molecule has 1 atom stereocenters. The van der Waals surface area contributed by atoms with E-state index in [9.17, 15) is 4.79 Å². The van der Waals surface area contributed by atoms with E-state index in [2.05, 4.69) is 20.6 Å². The number of anilines is 1. The predicted molar refractivity (Wildman–Crippen MR) is 74.1 cm³/mol. The molecule has 2 aromatic heterocycles. The average molecular weight is 259 g/mol. The zero-order valence-corrected chi connectivity index (χ0v) is 10.6. The van der Waals surface area contributed by atoms with Gasteiger partial charge in [0.25, 0.3) is 5.91 Å². The summed E-state index contributed by atoms with van der Waals surface area (Å²) in [4.78, 5) is 18.8. The van der Waals surface area contributed by atoms with Crippen molar-refractivity contribution in [2.24, 2.45) is 5.73 Å². The quantitative estimate of drug-likeness (QED) is 0.656. The molecular formula is C13H17N5O. The largest absolute Gasteiger partial charge is 0.380 e. The van der Waals surface area contributed by atoms with E-state index in [-0.39, 0.29) is 0 Å². The molecule has 6 heteroatoms. The van der Waals surface area contributed by atoms with Crippen LogP contribution < -0.4 is 16.4 Å². The Morgan fingerprint density at radius 1 is 1.53 bits per heavy atom. The second kappa shape index (κ2) is 4.89. The van der Waals surface area contributed by atoms with Gasteiger partial charge in [-0.15, -0.1) is 0 Å². The molecule has 5 N–H and O–H groups in total. The number of aromatic nitrogens is 2. The fraction of sp³-hybridized carbons (Fsp3) is 0.385. The number of hydrogen-bond acceptors (Lipinski definition) is 4. The highest BCUT2D eigenvalue weighted by Gasteiger charge is 2.18. The van der Waals surface area contributed by atoms with Crippen molar-refractivity contribution in [3.8, 4) is 0 Å². The van der Waals surface area contributed by atoms with E-state index >= 15 is 0 Å². The SMILES string of the molecule is NC(=O)c1cnc2[nH]ccc2c1N[C@@H]1CCCNC1. The molecule has 1 amide bonds. The van der Waals surface area contributed by atoms with Crippen molar-refractivity contribution < 1.29 is 4.79 Å². The highest BCUT2D eigenvalue weighted by Crippen LogP contribution is 2.26. The minimum atomic E-state index is -0.457. The number of fused-ring (bicyclic) bond motifs is 1. The first-order valence-electron chi connectivity index (χ1n) is 6.49. The smallest absolute Gasteiger partial charge is 0.252 e. The van der Waals surface area contributed by atoms with Gasteiger partial charge in [-0.2, -0.15) is 0 Å². The maximum atomic E-state index is 11.5. The third kappa shape index (κ3) is 2.26. The van der Waals surface area contributed by atoms with Crippen molar-refractivity contribution in [3.63, 3.8) is 0 Å². The van der Waals surface area contributed by atoms with Gasteiger partial charge in [0.2, 0.25) is 0 Å². The van der Waals surface area contributed by atoms with Crippen LogP contribution in [-0.2, 0) is 0 Å². The summed E-state index contributed by atoms with van der Waals surface area (Å²) >= 11 is 0. The van der Waals surface area contributed by atoms with Crippen molar-refractivity contribution >= 4 is 22.6 Å². The highest BCUT2D eigenvalue weighted by atomic mass is 16.1. The number of piperidine rings is 1. The van der Waals surface area contributed by atoms with Crippen LogP contribution in [0.4, 0.5) is 5.69 Å². The molecule has 0 unspecified atom stereocenters. The summed E-state index contributed by atoms with van der Waals surface area (Å²) in [6.07, 6.45) is 5.55. The van der Waals surface area contributed by atoms with Crippen molar-refractivity contribution in [2.45, 2.75) is 18.9 Å². The Balaban J connectivity index is 2.00. The molecule has 1 fully saturated rings. The van der Waals surface area contributed by atoms with Crippen molar-refractivity contribution in [1.82, 2.24) is 15.3 Å². The summed E-state index contributed by atoms with van der Waals surface area (Å²) in [5, 5.41) is 7.68. The lowest BCUT2D eigenvalue weighted by Gasteiger charge is -2.25. The van der Waals surface area contributed by atoms with Gasteiger partial charge >= 0.3 is 0 Å². The summed E-state index contributed by atoms with van der Waals surface area (Å²) in [5.41, 5.74) is 7.42. The van der Waals surface area contributed by atoms with Gasteiger partial charge in [0, 0.05) is 30.4 Å². The van der Waals surface area contributed by atoms with Gasteiger partial charge < -0.3 is 21.4 Å². The first kappa shape index (κ1) is 12.0. The van der Waals surface area contributed by atoms with E-state index in [0.29, 0.717) is 11.6 Å². The molecule has 3 rings (SSSR count). The Bertz CT molecular complexity index is 600. The summed E-state index contributed by atoms with van der Waals surface area (Å²) in [6, 6.07) is 2.22. The Morgan fingerprint density at radius 3 is 3.16 bits per heavy atom. The number of hydrogen-bond donors (Lipinski definition) is 4. The molecule has 0 spiro atoms. The minimum Gasteiger partial charge on any atom is -0.380 e.